The van der Waals surface area contributed by atoms with Gasteiger partial charge in [0.1, 0.15) is 0 Å². The number of benzene rings is 5. The highest BCUT2D eigenvalue weighted by atomic mass is 32.2. The van der Waals surface area contributed by atoms with E-state index in [-0.39, 0.29) is 0 Å². The van der Waals surface area contributed by atoms with E-state index in [0.717, 1.165) is 27.9 Å². The maximum atomic E-state index is 13.1. The first-order valence-electron chi connectivity index (χ1n) is 12.0. The van der Waals surface area contributed by atoms with Gasteiger partial charge in [-0.3, -0.25) is 0 Å². The number of aromatic nitrogens is 1. The van der Waals surface area contributed by atoms with Crippen LogP contribution in [0.25, 0.3) is 38.6 Å². The average Bonchev–Trinajstić information content (AvgIpc) is 3.24. The van der Waals surface area contributed by atoms with Gasteiger partial charge in [-0.15, -0.1) is 0 Å². The summed E-state index contributed by atoms with van der Waals surface area (Å²) in [5.74, 6) is 0. The quantitative estimate of drug-likeness (QED) is 0.253. The Kier molecular flexibility index (Phi) is 5.27. The minimum absolute atomic E-state index is 0.309. The van der Waals surface area contributed by atoms with Gasteiger partial charge >= 0.3 is 0 Å². The van der Waals surface area contributed by atoms with Crippen LogP contribution in [0.1, 0.15) is 11.1 Å². The lowest BCUT2D eigenvalue weighted by atomic mass is 9.96. The molecule has 1 aromatic heterocycles. The molecule has 4 heteroatoms. The zero-order valence-electron chi connectivity index (χ0n) is 20.1. The molecule has 0 saturated carbocycles. The molecule has 36 heavy (non-hydrogen) atoms. The lowest BCUT2D eigenvalue weighted by Gasteiger charge is -2.15. The molecule has 1 heterocycles. The van der Waals surface area contributed by atoms with E-state index in [2.05, 4.69) is 78.2 Å². The smallest absolute Gasteiger partial charge is 0.206 e. The van der Waals surface area contributed by atoms with Crippen LogP contribution in [0.3, 0.4) is 0 Å². The molecule has 0 aliphatic carbocycles. The summed E-state index contributed by atoms with van der Waals surface area (Å²) < 4.78 is 28.5. The van der Waals surface area contributed by atoms with E-state index >= 15 is 0 Å². The first-order valence-corrected chi connectivity index (χ1v) is 13.4. The van der Waals surface area contributed by atoms with Gasteiger partial charge in [0.15, 0.2) is 0 Å². The molecule has 0 bridgehead atoms. The Hall–Kier alpha value is -4.15. The van der Waals surface area contributed by atoms with E-state index in [1.54, 1.807) is 36.4 Å². The summed E-state index contributed by atoms with van der Waals surface area (Å²) >= 11 is 0. The second-order valence-electron chi connectivity index (χ2n) is 9.16. The van der Waals surface area contributed by atoms with Gasteiger partial charge in [-0.2, -0.15) is 0 Å². The van der Waals surface area contributed by atoms with Crippen LogP contribution in [0.2, 0.25) is 0 Å². The zero-order valence-corrected chi connectivity index (χ0v) is 21.0. The molecule has 0 radical (unpaired) electrons. The van der Waals surface area contributed by atoms with Crippen molar-refractivity contribution in [1.82, 2.24) is 4.57 Å². The predicted octanol–water partition coefficient (Wildman–Crippen LogP) is 7.90. The van der Waals surface area contributed by atoms with Crippen LogP contribution < -0.4 is 0 Å². The SMILES string of the molecule is Cc1cc(-n2c3ccccc3c3ccccc32)ccc1-c1ccc(S(=O)(=O)c2ccccc2)cc1C. The van der Waals surface area contributed by atoms with Crippen molar-refractivity contribution in [3.63, 3.8) is 0 Å². The second kappa shape index (κ2) is 8.51. The van der Waals surface area contributed by atoms with Gasteiger partial charge in [0.25, 0.3) is 0 Å². The van der Waals surface area contributed by atoms with Crippen LogP contribution >= 0.6 is 0 Å². The average molecular weight is 488 g/mol. The normalized spacial score (nSPS) is 11.8. The summed E-state index contributed by atoms with van der Waals surface area (Å²) in [5, 5.41) is 2.47. The van der Waals surface area contributed by atoms with E-state index in [0.29, 0.717) is 9.79 Å². The fourth-order valence-corrected chi connectivity index (χ4v) is 6.50. The minimum atomic E-state index is -3.55. The number of para-hydroxylation sites is 2. The van der Waals surface area contributed by atoms with Gasteiger partial charge in [-0.25, -0.2) is 8.42 Å². The highest BCUT2D eigenvalue weighted by Crippen LogP contribution is 2.35. The highest BCUT2D eigenvalue weighted by Gasteiger charge is 2.19. The molecule has 0 aliphatic rings. The second-order valence-corrected chi connectivity index (χ2v) is 11.1. The third-order valence-corrected chi connectivity index (χ3v) is 8.67. The zero-order chi connectivity index (χ0) is 24.9. The lowest BCUT2D eigenvalue weighted by molar-refractivity contribution is 0.596. The third kappa shape index (κ3) is 3.53. The molecule has 0 spiro atoms. The Morgan fingerprint density at radius 1 is 0.528 bits per heavy atom. The molecule has 0 unspecified atom stereocenters. The van der Waals surface area contributed by atoms with Gasteiger partial charge in [-0.1, -0.05) is 66.7 Å². The van der Waals surface area contributed by atoms with Crippen LogP contribution in [0.4, 0.5) is 0 Å². The van der Waals surface area contributed by atoms with Gasteiger partial charge in [0.05, 0.1) is 20.8 Å². The first kappa shape index (κ1) is 22.3. The Labute approximate surface area is 211 Å². The van der Waals surface area contributed by atoms with Crippen molar-refractivity contribution in [3.8, 4) is 16.8 Å². The maximum absolute atomic E-state index is 13.1. The first-order chi connectivity index (χ1) is 17.4. The molecule has 3 nitrogen and oxygen atoms in total. The van der Waals surface area contributed by atoms with Gasteiger partial charge < -0.3 is 4.57 Å². The van der Waals surface area contributed by atoms with Crippen LogP contribution in [0, 0.1) is 13.8 Å². The van der Waals surface area contributed by atoms with E-state index in [4.69, 9.17) is 0 Å². The number of rotatable bonds is 4. The minimum Gasteiger partial charge on any atom is -0.309 e. The summed E-state index contributed by atoms with van der Waals surface area (Å²) in [5.41, 5.74) is 7.66. The molecule has 0 saturated heterocycles. The van der Waals surface area contributed by atoms with Gasteiger partial charge in [0.2, 0.25) is 9.84 Å². The Morgan fingerprint density at radius 3 is 1.64 bits per heavy atom. The fourth-order valence-electron chi connectivity index (χ4n) is 5.13. The summed E-state index contributed by atoms with van der Waals surface area (Å²) in [6.45, 7) is 4.08. The van der Waals surface area contributed by atoms with E-state index < -0.39 is 9.84 Å². The van der Waals surface area contributed by atoms with Crippen molar-refractivity contribution in [1.29, 1.82) is 0 Å². The molecule has 0 fully saturated rings. The Balaban J connectivity index is 1.44. The summed E-state index contributed by atoms with van der Waals surface area (Å²) in [7, 11) is -3.55. The molecule has 0 atom stereocenters. The molecule has 176 valence electrons. The van der Waals surface area contributed by atoms with Crippen LogP contribution in [-0.4, -0.2) is 13.0 Å². The van der Waals surface area contributed by atoms with Gasteiger partial charge in [-0.05, 0) is 84.6 Å². The van der Waals surface area contributed by atoms with Crippen LogP contribution in [0.5, 0.6) is 0 Å². The molecule has 0 aliphatic heterocycles. The molecular weight excluding hydrogens is 462 g/mol. The van der Waals surface area contributed by atoms with E-state index in [1.165, 1.54) is 21.8 Å². The van der Waals surface area contributed by atoms with E-state index in [1.807, 2.05) is 19.1 Å². The third-order valence-electron chi connectivity index (χ3n) is 6.90. The molecular formula is C32H25NO2S. The number of fused-ring (bicyclic) bond motifs is 3. The predicted molar refractivity (Wildman–Crippen MR) is 148 cm³/mol. The lowest BCUT2D eigenvalue weighted by Crippen LogP contribution is -2.02. The summed E-state index contributed by atoms with van der Waals surface area (Å²) in [6.07, 6.45) is 0. The van der Waals surface area contributed by atoms with Crippen molar-refractivity contribution < 1.29 is 8.42 Å². The maximum Gasteiger partial charge on any atom is 0.206 e. The number of sulfone groups is 1. The van der Waals surface area contributed by atoms with Crippen molar-refractivity contribution >= 4 is 31.6 Å². The molecule has 6 aromatic rings. The number of aryl methyl sites for hydroxylation is 2. The van der Waals surface area contributed by atoms with Crippen molar-refractivity contribution in [3.05, 3.63) is 126 Å². The van der Waals surface area contributed by atoms with Crippen molar-refractivity contribution in [2.24, 2.45) is 0 Å². The number of nitrogens with zero attached hydrogens (tertiary/aromatic N) is 1. The molecule has 6 rings (SSSR count). The fraction of sp³-hybridized carbons (Fsp3) is 0.0625. The van der Waals surface area contributed by atoms with Crippen LogP contribution in [-0.2, 0) is 9.84 Å². The monoisotopic (exact) mass is 487 g/mol. The highest BCUT2D eigenvalue weighted by molar-refractivity contribution is 7.91. The standard InChI is InChI=1S/C32H25NO2S/c1-22-20-24(33-31-14-8-6-12-29(31)30-13-7-9-15-32(30)33)16-18-27(22)28-19-17-26(21-23(28)2)36(34,35)25-10-4-3-5-11-25/h3-21H,1-2H3. The van der Waals surface area contributed by atoms with Crippen molar-refractivity contribution in [2.75, 3.05) is 0 Å². The Morgan fingerprint density at radius 2 is 1.06 bits per heavy atom. The topological polar surface area (TPSA) is 39.1 Å². The molecule has 5 aromatic carbocycles. The molecule has 0 N–H and O–H groups in total. The number of hydrogen-bond donors (Lipinski definition) is 0. The number of hydrogen-bond acceptors (Lipinski definition) is 2. The Bertz CT molecular complexity index is 1810. The van der Waals surface area contributed by atoms with E-state index in [9.17, 15) is 8.42 Å². The largest absolute Gasteiger partial charge is 0.309 e. The van der Waals surface area contributed by atoms with Gasteiger partial charge in [0, 0.05) is 16.5 Å². The van der Waals surface area contributed by atoms with Crippen molar-refractivity contribution in [2.45, 2.75) is 23.6 Å². The summed E-state index contributed by atoms with van der Waals surface area (Å²) in [6, 6.07) is 37.5. The summed E-state index contributed by atoms with van der Waals surface area (Å²) in [4.78, 5) is 0.623. The van der Waals surface area contributed by atoms with Crippen LogP contribution in [0.15, 0.2) is 125 Å². The molecule has 0 amide bonds.